The SMILES string of the molecule is CCCN1CC[C@]23CCN(CCc4ccccn4)CC[C@@]2(O)[C@H]1Cc1ccc(O)cc13. The van der Waals surface area contributed by atoms with Gasteiger partial charge in [-0.05, 0) is 87.1 Å². The fraction of sp³-hybridized carbons (Fsp3) is 0.577. The molecule has 3 atom stereocenters. The smallest absolute Gasteiger partial charge is 0.115 e. The Morgan fingerprint density at radius 1 is 1.06 bits per heavy atom. The summed E-state index contributed by atoms with van der Waals surface area (Å²) in [5, 5.41) is 22.7. The van der Waals surface area contributed by atoms with Gasteiger partial charge in [-0.1, -0.05) is 19.1 Å². The van der Waals surface area contributed by atoms with Crippen molar-refractivity contribution >= 4 is 0 Å². The van der Waals surface area contributed by atoms with Gasteiger partial charge in [-0.2, -0.15) is 0 Å². The van der Waals surface area contributed by atoms with Gasteiger partial charge in [0.2, 0.25) is 0 Å². The van der Waals surface area contributed by atoms with E-state index < -0.39 is 5.60 Å². The molecule has 5 heteroatoms. The first-order valence-corrected chi connectivity index (χ1v) is 12.0. The van der Waals surface area contributed by atoms with E-state index in [1.807, 2.05) is 24.4 Å². The summed E-state index contributed by atoms with van der Waals surface area (Å²) in [5.74, 6) is 0.321. The van der Waals surface area contributed by atoms with Crippen LogP contribution in [0.4, 0.5) is 0 Å². The molecule has 5 rings (SSSR count). The molecular weight excluding hydrogens is 386 g/mol. The Morgan fingerprint density at radius 2 is 1.90 bits per heavy atom. The minimum atomic E-state index is -0.749. The summed E-state index contributed by atoms with van der Waals surface area (Å²) >= 11 is 0. The lowest BCUT2D eigenvalue weighted by molar-refractivity contribution is -0.148. The molecule has 2 fully saturated rings. The molecule has 1 aromatic carbocycles. The maximum Gasteiger partial charge on any atom is 0.115 e. The van der Waals surface area contributed by atoms with Crippen molar-refractivity contribution in [3.63, 3.8) is 0 Å². The average molecular weight is 422 g/mol. The summed E-state index contributed by atoms with van der Waals surface area (Å²) in [6.07, 6.45) is 7.48. The number of rotatable bonds is 5. The second-order valence-corrected chi connectivity index (χ2v) is 9.77. The normalized spacial score (nSPS) is 31.0. The molecule has 5 nitrogen and oxygen atoms in total. The van der Waals surface area contributed by atoms with Crippen LogP contribution in [0.1, 0.15) is 49.4 Å². The van der Waals surface area contributed by atoms with Crippen molar-refractivity contribution in [3.8, 4) is 5.75 Å². The van der Waals surface area contributed by atoms with Gasteiger partial charge in [0.1, 0.15) is 5.75 Å². The Bertz CT molecular complexity index is 920. The van der Waals surface area contributed by atoms with Crippen LogP contribution >= 0.6 is 0 Å². The van der Waals surface area contributed by atoms with E-state index >= 15 is 0 Å². The third kappa shape index (κ3) is 3.47. The first kappa shape index (κ1) is 20.9. The molecule has 0 radical (unpaired) electrons. The molecule has 0 unspecified atom stereocenters. The van der Waals surface area contributed by atoms with Gasteiger partial charge in [0.15, 0.2) is 0 Å². The molecule has 3 heterocycles. The minimum absolute atomic E-state index is 0.161. The molecule has 0 saturated carbocycles. The lowest BCUT2D eigenvalue weighted by atomic mass is 9.52. The number of hydrogen-bond acceptors (Lipinski definition) is 5. The Kier molecular flexibility index (Phi) is 5.53. The molecule has 2 aliphatic heterocycles. The number of hydrogen-bond donors (Lipinski definition) is 2. The monoisotopic (exact) mass is 421 g/mol. The van der Waals surface area contributed by atoms with Crippen LogP contribution < -0.4 is 0 Å². The molecule has 1 aliphatic carbocycles. The van der Waals surface area contributed by atoms with Gasteiger partial charge in [0.05, 0.1) is 5.60 Å². The number of fused-ring (bicyclic) bond motifs is 1. The van der Waals surface area contributed by atoms with E-state index in [2.05, 4.69) is 39.9 Å². The van der Waals surface area contributed by atoms with Crippen LogP contribution in [0.25, 0.3) is 0 Å². The van der Waals surface area contributed by atoms with Gasteiger partial charge in [-0.25, -0.2) is 0 Å². The van der Waals surface area contributed by atoms with Crippen molar-refractivity contribution < 1.29 is 10.2 Å². The summed E-state index contributed by atoms with van der Waals surface area (Å²) in [6.45, 7) is 7.16. The fourth-order valence-corrected chi connectivity index (χ4v) is 6.66. The standard InChI is InChI=1S/C26H35N3O2/c1-2-13-29-17-10-25-9-15-28(14-8-21-5-3-4-12-27-21)16-11-26(25,31)24(29)18-20-6-7-22(30)19-23(20)25/h3-7,12,19,24,30-31H,2,8-11,13-18H2,1H3/t24-,25+,26-/m1/s1. The molecule has 1 aromatic heterocycles. The molecule has 31 heavy (non-hydrogen) atoms. The van der Waals surface area contributed by atoms with Gasteiger partial charge < -0.3 is 15.1 Å². The predicted octanol–water partition coefficient (Wildman–Crippen LogP) is 3.14. The van der Waals surface area contributed by atoms with Gasteiger partial charge in [0.25, 0.3) is 0 Å². The summed E-state index contributed by atoms with van der Waals surface area (Å²) in [5.41, 5.74) is 2.63. The fourth-order valence-electron chi connectivity index (χ4n) is 6.66. The number of aliphatic hydroxyl groups is 1. The highest BCUT2D eigenvalue weighted by molar-refractivity contribution is 5.48. The van der Waals surface area contributed by atoms with Gasteiger partial charge in [-0.15, -0.1) is 0 Å². The van der Waals surface area contributed by atoms with Gasteiger partial charge >= 0.3 is 0 Å². The topological polar surface area (TPSA) is 59.8 Å². The second kappa shape index (κ2) is 8.19. The number of aromatic hydroxyl groups is 1. The third-order valence-electron chi connectivity index (χ3n) is 8.25. The number of benzene rings is 1. The quantitative estimate of drug-likeness (QED) is 0.777. The van der Waals surface area contributed by atoms with Crippen molar-refractivity contribution in [2.45, 2.75) is 62.5 Å². The van der Waals surface area contributed by atoms with E-state index in [0.717, 1.165) is 76.9 Å². The zero-order chi connectivity index (χ0) is 21.5. The van der Waals surface area contributed by atoms with Crippen LogP contribution in [0.2, 0.25) is 0 Å². The highest BCUT2D eigenvalue weighted by Gasteiger charge is 2.62. The first-order valence-electron chi connectivity index (χ1n) is 12.0. The molecule has 2 saturated heterocycles. The summed E-state index contributed by atoms with van der Waals surface area (Å²) < 4.78 is 0. The summed E-state index contributed by atoms with van der Waals surface area (Å²) in [7, 11) is 0. The lowest BCUT2D eigenvalue weighted by Gasteiger charge is -2.61. The van der Waals surface area contributed by atoms with Crippen molar-refractivity contribution in [2.24, 2.45) is 0 Å². The van der Waals surface area contributed by atoms with Crippen LogP contribution in [-0.2, 0) is 18.3 Å². The zero-order valence-corrected chi connectivity index (χ0v) is 18.6. The second-order valence-electron chi connectivity index (χ2n) is 9.77. The van der Waals surface area contributed by atoms with Crippen LogP contribution in [0.15, 0.2) is 42.6 Å². The van der Waals surface area contributed by atoms with Gasteiger partial charge in [-0.3, -0.25) is 9.88 Å². The van der Waals surface area contributed by atoms with Crippen LogP contribution in [0.3, 0.4) is 0 Å². The minimum Gasteiger partial charge on any atom is -0.508 e. The van der Waals surface area contributed by atoms with E-state index in [-0.39, 0.29) is 11.5 Å². The summed E-state index contributed by atoms with van der Waals surface area (Å²) in [6, 6.07) is 12.1. The van der Waals surface area contributed by atoms with Gasteiger partial charge in [0, 0.05) is 42.9 Å². The zero-order valence-electron chi connectivity index (χ0n) is 18.6. The van der Waals surface area contributed by atoms with Crippen molar-refractivity contribution in [3.05, 3.63) is 59.4 Å². The highest BCUT2D eigenvalue weighted by atomic mass is 16.3. The van der Waals surface area contributed by atoms with E-state index in [1.165, 1.54) is 11.1 Å². The number of phenolic OH excluding ortho intramolecular Hbond substituents is 1. The van der Waals surface area contributed by atoms with Crippen LogP contribution in [0, 0.1) is 0 Å². The van der Waals surface area contributed by atoms with E-state index in [1.54, 1.807) is 0 Å². The van der Waals surface area contributed by atoms with Crippen molar-refractivity contribution in [1.29, 1.82) is 0 Å². The third-order valence-corrected chi connectivity index (χ3v) is 8.25. The molecular formula is C26H35N3O2. The predicted molar refractivity (Wildman–Crippen MR) is 122 cm³/mol. The first-order chi connectivity index (χ1) is 15.1. The number of pyridine rings is 1. The number of aromatic nitrogens is 1. The molecule has 166 valence electrons. The molecule has 2 bridgehead atoms. The molecule has 3 aliphatic rings. The van der Waals surface area contributed by atoms with E-state index in [4.69, 9.17) is 0 Å². The van der Waals surface area contributed by atoms with Crippen LogP contribution in [-0.4, -0.2) is 69.4 Å². The average Bonchev–Trinajstić information content (AvgIpc) is 2.93. The number of likely N-dealkylation sites (tertiary alicyclic amines) is 2. The molecule has 0 amide bonds. The summed E-state index contributed by atoms with van der Waals surface area (Å²) in [4.78, 5) is 9.54. The van der Waals surface area contributed by atoms with E-state index in [9.17, 15) is 10.2 Å². The maximum atomic E-state index is 12.4. The van der Waals surface area contributed by atoms with Crippen LogP contribution in [0.5, 0.6) is 5.75 Å². The Balaban J connectivity index is 1.46. The maximum absolute atomic E-state index is 12.4. The molecule has 2 N–H and O–H groups in total. The molecule has 0 spiro atoms. The Morgan fingerprint density at radius 3 is 2.71 bits per heavy atom. The van der Waals surface area contributed by atoms with Crippen molar-refractivity contribution in [2.75, 3.05) is 32.7 Å². The largest absolute Gasteiger partial charge is 0.508 e. The number of phenols is 1. The highest BCUT2D eigenvalue weighted by Crippen LogP contribution is 2.56. The molecule has 2 aromatic rings. The van der Waals surface area contributed by atoms with Crippen molar-refractivity contribution in [1.82, 2.24) is 14.8 Å². The Labute approximate surface area is 185 Å². The lowest BCUT2D eigenvalue weighted by Crippen LogP contribution is -2.71. The number of nitrogens with zero attached hydrogens (tertiary/aromatic N) is 3. The Hall–Kier alpha value is -1.95. The number of piperidine rings is 1. The van der Waals surface area contributed by atoms with E-state index in [0.29, 0.717) is 5.75 Å².